The molecular weight excluding hydrogens is 248 g/mol. The van der Waals surface area contributed by atoms with Crippen molar-refractivity contribution in [1.29, 1.82) is 0 Å². The Bertz CT molecular complexity index is 443. The third-order valence-corrected chi connectivity index (χ3v) is 4.33. The fraction of sp³-hybridized carbons (Fsp3) is 0.824. The molecule has 0 amide bonds. The first-order chi connectivity index (χ1) is 9.15. The molecule has 3 heteroatoms. The first kappa shape index (κ1) is 15.6. The van der Waals surface area contributed by atoms with Crippen LogP contribution >= 0.6 is 0 Å². The normalized spacial score (nSPS) is 23.7. The molecule has 0 saturated heterocycles. The largest absolute Gasteiger partial charge is 0.389 e. The lowest BCUT2D eigenvalue weighted by molar-refractivity contribution is -0.0864. The molecule has 1 fully saturated rings. The van der Waals surface area contributed by atoms with E-state index in [2.05, 4.69) is 44.2 Å². The van der Waals surface area contributed by atoms with Crippen molar-refractivity contribution in [2.75, 3.05) is 0 Å². The standard InChI is InChI=1S/C17H30N2O/c1-6-8-19-9-7-18-14(19)10-17(20)12-15(2,3)11-16(4,5)13-17/h7,9,20H,6,8,10-13H2,1-5H3. The Morgan fingerprint density at radius 1 is 1.15 bits per heavy atom. The van der Waals surface area contributed by atoms with Crippen molar-refractivity contribution in [2.45, 2.75) is 78.9 Å². The van der Waals surface area contributed by atoms with E-state index < -0.39 is 5.60 Å². The van der Waals surface area contributed by atoms with Gasteiger partial charge in [-0.3, -0.25) is 0 Å². The number of hydrogen-bond donors (Lipinski definition) is 1. The zero-order chi connectivity index (χ0) is 15.0. The van der Waals surface area contributed by atoms with E-state index in [1.165, 1.54) is 6.42 Å². The van der Waals surface area contributed by atoms with Gasteiger partial charge in [-0.15, -0.1) is 0 Å². The van der Waals surface area contributed by atoms with E-state index in [4.69, 9.17) is 0 Å². The second-order valence-corrected chi connectivity index (χ2v) is 8.30. The summed E-state index contributed by atoms with van der Waals surface area (Å²) < 4.78 is 2.19. The van der Waals surface area contributed by atoms with Crippen molar-refractivity contribution in [3.63, 3.8) is 0 Å². The first-order valence-corrected chi connectivity index (χ1v) is 7.87. The summed E-state index contributed by atoms with van der Waals surface area (Å²) in [6, 6.07) is 0. The molecule has 2 rings (SSSR count). The highest BCUT2D eigenvalue weighted by atomic mass is 16.3. The summed E-state index contributed by atoms with van der Waals surface area (Å²) in [7, 11) is 0. The first-order valence-electron chi connectivity index (χ1n) is 7.87. The van der Waals surface area contributed by atoms with Crippen LogP contribution in [0.5, 0.6) is 0 Å². The summed E-state index contributed by atoms with van der Waals surface area (Å²) in [6.45, 7) is 12.3. The zero-order valence-electron chi connectivity index (χ0n) is 13.7. The number of hydrogen-bond acceptors (Lipinski definition) is 2. The Morgan fingerprint density at radius 2 is 1.75 bits per heavy atom. The fourth-order valence-electron chi connectivity index (χ4n) is 4.64. The zero-order valence-corrected chi connectivity index (χ0v) is 13.7. The molecular formula is C17H30N2O. The summed E-state index contributed by atoms with van der Waals surface area (Å²) in [5, 5.41) is 11.2. The van der Waals surface area contributed by atoms with Crippen LogP contribution in [0, 0.1) is 10.8 Å². The maximum absolute atomic E-state index is 11.2. The van der Waals surface area contributed by atoms with Gasteiger partial charge in [-0.2, -0.15) is 0 Å². The Kier molecular flexibility index (Phi) is 4.03. The average molecular weight is 278 g/mol. The average Bonchev–Trinajstić information content (AvgIpc) is 2.59. The van der Waals surface area contributed by atoms with Crippen molar-refractivity contribution in [3.05, 3.63) is 18.2 Å². The van der Waals surface area contributed by atoms with Crippen LogP contribution in [0.25, 0.3) is 0 Å². The van der Waals surface area contributed by atoms with Gasteiger partial charge in [0.2, 0.25) is 0 Å². The van der Waals surface area contributed by atoms with Crippen molar-refractivity contribution in [2.24, 2.45) is 10.8 Å². The molecule has 20 heavy (non-hydrogen) atoms. The van der Waals surface area contributed by atoms with Gasteiger partial charge in [0.25, 0.3) is 0 Å². The number of nitrogens with zero attached hydrogens (tertiary/aromatic N) is 2. The maximum Gasteiger partial charge on any atom is 0.111 e. The van der Waals surface area contributed by atoms with Crippen LogP contribution in [0.15, 0.2) is 12.4 Å². The molecule has 1 aliphatic carbocycles. The smallest absolute Gasteiger partial charge is 0.111 e. The number of aromatic nitrogens is 2. The lowest BCUT2D eigenvalue weighted by atomic mass is 9.59. The molecule has 1 heterocycles. The summed E-state index contributed by atoms with van der Waals surface area (Å²) in [6.07, 6.45) is 8.55. The van der Waals surface area contributed by atoms with Crippen LogP contribution in [0.1, 0.15) is 66.1 Å². The van der Waals surface area contributed by atoms with E-state index in [1.807, 2.05) is 12.4 Å². The monoisotopic (exact) mass is 278 g/mol. The summed E-state index contributed by atoms with van der Waals surface area (Å²) >= 11 is 0. The summed E-state index contributed by atoms with van der Waals surface area (Å²) in [4.78, 5) is 4.47. The van der Waals surface area contributed by atoms with Crippen molar-refractivity contribution < 1.29 is 5.11 Å². The molecule has 0 atom stereocenters. The summed E-state index contributed by atoms with van der Waals surface area (Å²) in [5.74, 6) is 1.03. The maximum atomic E-state index is 11.2. The minimum atomic E-state index is -0.623. The SMILES string of the molecule is CCCn1ccnc1CC1(O)CC(C)(C)CC(C)(C)C1. The Balaban J connectivity index is 2.19. The topological polar surface area (TPSA) is 38.0 Å². The van der Waals surface area contributed by atoms with E-state index in [9.17, 15) is 5.11 Å². The van der Waals surface area contributed by atoms with Gasteiger partial charge in [0.05, 0.1) is 5.60 Å². The predicted octanol–water partition coefficient (Wildman–Crippen LogP) is 3.80. The number of imidazole rings is 1. The lowest BCUT2D eigenvalue weighted by Gasteiger charge is -2.49. The highest BCUT2D eigenvalue weighted by Gasteiger charge is 2.46. The van der Waals surface area contributed by atoms with Crippen LogP contribution in [0.2, 0.25) is 0 Å². The molecule has 0 aromatic carbocycles. The Morgan fingerprint density at radius 3 is 2.30 bits per heavy atom. The Labute approximate surface area is 123 Å². The second-order valence-electron chi connectivity index (χ2n) is 8.30. The molecule has 0 radical (unpaired) electrons. The van der Waals surface area contributed by atoms with Crippen LogP contribution in [0.3, 0.4) is 0 Å². The van der Waals surface area contributed by atoms with Gasteiger partial charge in [-0.05, 0) is 36.5 Å². The molecule has 1 N–H and O–H groups in total. The van der Waals surface area contributed by atoms with Crippen LogP contribution in [-0.2, 0) is 13.0 Å². The highest BCUT2D eigenvalue weighted by Crippen LogP contribution is 2.50. The van der Waals surface area contributed by atoms with Crippen LogP contribution in [-0.4, -0.2) is 20.3 Å². The van der Waals surface area contributed by atoms with Crippen LogP contribution in [0.4, 0.5) is 0 Å². The fourth-order valence-corrected chi connectivity index (χ4v) is 4.64. The van der Waals surface area contributed by atoms with E-state index in [0.29, 0.717) is 6.42 Å². The molecule has 3 nitrogen and oxygen atoms in total. The van der Waals surface area contributed by atoms with Crippen molar-refractivity contribution in [1.82, 2.24) is 9.55 Å². The molecule has 1 aromatic heterocycles. The Hall–Kier alpha value is -0.830. The molecule has 1 aromatic rings. The minimum Gasteiger partial charge on any atom is -0.389 e. The number of aliphatic hydroxyl groups is 1. The number of aryl methyl sites for hydroxylation is 1. The second kappa shape index (κ2) is 5.18. The van der Waals surface area contributed by atoms with Crippen molar-refractivity contribution >= 4 is 0 Å². The van der Waals surface area contributed by atoms with E-state index >= 15 is 0 Å². The van der Waals surface area contributed by atoms with E-state index in [0.717, 1.165) is 31.6 Å². The minimum absolute atomic E-state index is 0.193. The van der Waals surface area contributed by atoms with Gasteiger partial charge in [-0.1, -0.05) is 34.6 Å². The molecule has 0 unspecified atom stereocenters. The molecule has 114 valence electrons. The molecule has 0 bridgehead atoms. The quantitative estimate of drug-likeness (QED) is 0.909. The van der Waals surface area contributed by atoms with E-state index in [1.54, 1.807) is 0 Å². The molecule has 1 saturated carbocycles. The number of rotatable bonds is 4. The van der Waals surface area contributed by atoms with E-state index in [-0.39, 0.29) is 10.8 Å². The molecule has 0 spiro atoms. The third kappa shape index (κ3) is 3.63. The van der Waals surface area contributed by atoms with Crippen molar-refractivity contribution in [3.8, 4) is 0 Å². The van der Waals surface area contributed by atoms with Gasteiger partial charge in [0, 0.05) is 25.4 Å². The van der Waals surface area contributed by atoms with Crippen LogP contribution < -0.4 is 0 Å². The highest BCUT2D eigenvalue weighted by molar-refractivity contribution is 5.05. The molecule has 1 aliphatic rings. The van der Waals surface area contributed by atoms with Gasteiger partial charge < -0.3 is 9.67 Å². The molecule has 0 aliphatic heterocycles. The van der Waals surface area contributed by atoms with Gasteiger partial charge in [-0.25, -0.2) is 4.98 Å². The summed E-state index contributed by atoms with van der Waals surface area (Å²) in [5.41, 5.74) is -0.237. The van der Waals surface area contributed by atoms with Gasteiger partial charge in [0.1, 0.15) is 5.82 Å². The van der Waals surface area contributed by atoms with Gasteiger partial charge >= 0.3 is 0 Å². The predicted molar refractivity (Wildman–Crippen MR) is 82.6 cm³/mol. The van der Waals surface area contributed by atoms with Gasteiger partial charge in [0.15, 0.2) is 0 Å². The lowest BCUT2D eigenvalue weighted by Crippen LogP contribution is -2.47. The third-order valence-electron chi connectivity index (χ3n) is 4.33.